The van der Waals surface area contributed by atoms with Gasteiger partial charge in [-0.3, -0.25) is 4.79 Å². The number of halogens is 2. The van der Waals surface area contributed by atoms with Crippen LogP contribution in [-0.2, 0) is 10.0 Å². The zero-order chi connectivity index (χ0) is 18.7. The van der Waals surface area contributed by atoms with Crippen LogP contribution in [-0.4, -0.2) is 38.1 Å². The predicted octanol–water partition coefficient (Wildman–Crippen LogP) is 4.07. The maximum Gasteiger partial charge on any atom is 0.243 e. The Balaban J connectivity index is 1.68. The minimum atomic E-state index is -3.47. The molecule has 1 fully saturated rings. The molecule has 26 heavy (non-hydrogen) atoms. The molecule has 3 rings (SSSR count). The standard InChI is InChI=1S/C18H18Cl2N2O3S/c19-14-5-8-16(20)17(11-14)21-12-18(23)13-3-6-15(7-4-13)26(24,25)22-9-1-2-10-22/h3-8,11,21H,1-2,9-10,12H2. The van der Waals surface area contributed by atoms with Gasteiger partial charge in [-0.15, -0.1) is 0 Å². The molecule has 1 aliphatic heterocycles. The lowest BCUT2D eigenvalue weighted by molar-refractivity contribution is 0.101. The van der Waals surface area contributed by atoms with Crippen molar-refractivity contribution < 1.29 is 13.2 Å². The van der Waals surface area contributed by atoms with E-state index in [-0.39, 0.29) is 17.2 Å². The average molecular weight is 413 g/mol. The molecule has 1 heterocycles. The zero-order valence-electron chi connectivity index (χ0n) is 13.9. The number of carbonyl (C=O) groups excluding carboxylic acids is 1. The van der Waals surface area contributed by atoms with E-state index in [0.717, 1.165) is 12.8 Å². The minimum absolute atomic E-state index is 0.0261. The summed E-state index contributed by atoms with van der Waals surface area (Å²) in [4.78, 5) is 12.5. The van der Waals surface area contributed by atoms with Gasteiger partial charge in [0.2, 0.25) is 10.0 Å². The van der Waals surface area contributed by atoms with Gasteiger partial charge < -0.3 is 5.32 Å². The number of ketones is 1. The van der Waals surface area contributed by atoms with Crippen LogP contribution in [0.1, 0.15) is 23.2 Å². The highest BCUT2D eigenvalue weighted by molar-refractivity contribution is 7.89. The smallest absolute Gasteiger partial charge is 0.243 e. The second-order valence-corrected chi connectivity index (χ2v) is 8.82. The highest BCUT2D eigenvalue weighted by Crippen LogP contribution is 2.25. The summed E-state index contributed by atoms with van der Waals surface area (Å²) in [5, 5.41) is 3.93. The topological polar surface area (TPSA) is 66.5 Å². The Morgan fingerprint density at radius 3 is 2.35 bits per heavy atom. The number of hydrogen-bond donors (Lipinski definition) is 1. The lowest BCUT2D eigenvalue weighted by Crippen LogP contribution is -2.27. The Morgan fingerprint density at radius 2 is 1.69 bits per heavy atom. The van der Waals surface area contributed by atoms with E-state index in [1.165, 1.54) is 28.6 Å². The van der Waals surface area contributed by atoms with Gasteiger partial charge in [0, 0.05) is 23.7 Å². The van der Waals surface area contributed by atoms with Crippen molar-refractivity contribution in [1.29, 1.82) is 0 Å². The van der Waals surface area contributed by atoms with E-state index in [1.54, 1.807) is 18.2 Å². The number of sulfonamides is 1. The zero-order valence-corrected chi connectivity index (χ0v) is 16.2. The molecule has 0 aromatic heterocycles. The van der Waals surface area contributed by atoms with Crippen LogP contribution in [0.15, 0.2) is 47.4 Å². The Hall–Kier alpha value is -1.60. The normalized spacial score (nSPS) is 15.2. The first-order valence-corrected chi connectivity index (χ1v) is 10.4. The van der Waals surface area contributed by atoms with Crippen LogP contribution in [0.3, 0.4) is 0 Å². The first-order valence-electron chi connectivity index (χ1n) is 8.20. The summed E-state index contributed by atoms with van der Waals surface area (Å²) in [7, 11) is -3.47. The summed E-state index contributed by atoms with van der Waals surface area (Å²) in [6.45, 7) is 1.12. The third-order valence-electron chi connectivity index (χ3n) is 4.25. The molecule has 0 aliphatic carbocycles. The molecule has 2 aromatic rings. The largest absolute Gasteiger partial charge is 0.376 e. The van der Waals surface area contributed by atoms with Crippen LogP contribution < -0.4 is 5.32 Å². The first kappa shape index (κ1) is 19.2. The van der Waals surface area contributed by atoms with Crippen LogP contribution in [0.5, 0.6) is 0 Å². The highest BCUT2D eigenvalue weighted by Gasteiger charge is 2.27. The van der Waals surface area contributed by atoms with Gasteiger partial charge in [-0.1, -0.05) is 23.2 Å². The number of benzene rings is 2. The molecule has 0 atom stereocenters. The molecular weight excluding hydrogens is 395 g/mol. The maximum atomic E-state index is 12.5. The van der Waals surface area contributed by atoms with E-state index in [4.69, 9.17) is 23.2 Å². The van der Waals surface area contributed by atoms with Crippen molar-refractivity contribution >= 4 is 44.7 Å². The van der Waals surface area contributed by atoms with Gasteiger partial charge in [0.1, 0.15) is 0 Å². The fourth-order valence-corrected chi connectivity index (χ4v) is 4.67. The average Bonchev–Trinajstić information content (AvgIpc) is 3.18. The van der Waals surface area contributed by atoms with Crippen molar-refractivity contribution in [2.24, 2.45) is 0 Å². The summed E-state index contributed by atoms with van der Waals surface area (Å²) in [5.74, 6) is -0.175. The van der Waals surface area contributed by atoms with E-state index in [1.807, 2.05) is 0 Å². The third kappa shape index (κ3) is 4.20. The van der Waals surface area contributed by atoms with Crippen molar-refractivity contribution in [2.45, 2.75) is 17.7 Å². The fourth-order valence-electron chi connectivity index (χ4n) is 2.80. The fraction of sp³-hybridized carbons (Fsp3) is 0.278. The van der Waals surface area contributed by atoms with Crippen molar-refractivity contribution in [3.63, 3.8) is 0 Å². The number of Topliss-reactive ketones (excluding diaryl/α,β-unsaturated/α-hetero) is 1. The summed E-state index contributed by atoms with van der Waals surface area (Å²) in [5.41, 5.74) is 0.997. The minimum Gasteiger partial charge on any atom is -0.376 e. The highest BCUT2D eigenvalue weighted by atomic mass is 35.5. The lowest BCUT2D eigenvalue weighted by Gasteiger charge is -2.15. The molecule has 5 nitrogen and oxygen atoms in total. The van der Waals surface area contributed by atoms with E-state index in [2.05, 4.69) is 5.32 Å². The van der Waals surface area contributed by atoms with Gasteiger partial charge in [0.05, 0.1) is 22.2 Å². The molecular formula is C18H18Cl2N2O3S. The number of nitrogens with one attached hydrogen (secondary N) is 1. The van der Waals surface area contributed by atoms with Crippen LogP contribution in [0.2, 0.25) is 10.0 Å². The third-order valence-corrected chi connectivity index (χ3v) is 6.72. The van der Waals surface area contributed by atoms with Gasteiger partial charge in [0.25, 0.3) is 0 Å². The van der Waals surface area contributed by atoms with Crippen LogP contribution in [0.25, 0.3) is 0 Å². The second kappa shape index (κ2) is 7.96. The van der Waals surface area contributed by atoms with E-state index in [0.29, 0.717) is 34.4 Å². The Labute approximate surface area is 163 Å². The van der Waals surface area contributed by atoms with Gasteiger partial charge in [-0.05, 0) is 55.3 Å². The predicted molar refractivity (Wildman–Crippen MR) is 104 cm³/mol. The Bertz CT molecular complexity index is 909. The summed E-state index contributed by atoms with van der Waals surface area (Å²) < 4.78 is 26.5. The molecule has 8 heteroatoms. The first-order chi connectivity index (χ1) is 12.4. The van der Waals surface area contributed by atoms with Gasteiger partial charge >= 0.3 is 0 Å². The molecule has 0 unspecified atom stereocenters. The number of hydrogen-bond acceptors (Lipinski definition) is 4. The molecule has 1 N–H and O–H groups in total. The van der Waals surface area contributed by atoms with Crippen LogP contribution in [0.4, 0.5) is 5.69 Å². The van der Waals surface area contributed by atoms with Gasteiger partial charge in [-0.2, -0.15) is 4.31 Å². The van der Waals surface area contributed by atoms with E-state index >= 15 is 0 Å². The molecule has 2 aromatic carbocycles. The summed E-state index contributed by atoms with van der Waals surface area (Å²) in [6.07, 6.45) is 1.76. The summed E-state index contributed by atoms with van der Waals surface area (Å²) in [6, 6.07) is 11.0. The van der Waals surface area contributed by atoms with E-state index < -0.39 is 10.0 Å². The molecule has 1 aliphatic rings. The van der Waals surface area contributed by atoms with Crippen LogP contribution in [0, 0.1) is 0 Å². The Morgan fingerprint density at radius 1 is 1.04 bits per heavy atom. The van der Waals surface area contributed by atoms with Crippen molar-refractivity contribution in [3.05, 3.63) is 58.1 Å². The molecule has 0 radical (unpaired) electrons. The number of nitrogens with zero attached hydrogens (tertiary/aromatic N) is 1. The van der Waals surface area contributed by atoms with Gasteiger partial charge in [0.15, 0.2) is 5.78 Å². The van der Waals surface area contributed by atoms with Crippen LogP contribution >= 0.6 is 23.2 Å². The molecule has 0 amide bonds. The number of anilines is 1. The van der Waals surface area contributed by atoms with Crippen molar-refractivity contribution in [3.8, 4) is 0 Å². The molecule has 0 saturated carbocycles. The van der Waals surface area contributed by atoms with Crippen molar-refractivity contribution in [1.82, 2.24) is 4.31 Å². The summed E-state index contributed by atoms with van der Waals surface area (Å²) >= 11 is 12.0. The van der Waals surface area contributed by atoms with Gasteiger partial charge in [-0.25, -0.2) is 8.42 Å². The Kier molecular flexibility index (Phi) is 5.87. The lowest BCUT2D eigenvalue weighted by atomic mass is 10.1. The molecule has 0 bridgehead atoms. The molecule has 1 saturated heterocycles. The number of rotatable bonds is 6. The SMILES string of the molecule is O=C(CNc1cc(Cl)ccc1Cl)c1ccc(S(=O)(=O)N2CCCC2)cc1. The quantitative estimate of drug-likeness (QED) is 0.725. The number of carbonyl (C=O) groups is 1. The van der Waals surface area contributed by atoms with Crippen molar-refractivity contribution in [2.75, 3.05) is 25.0 Å². The van der Waals surface area contributed by atoms with E-state index in [9.17, 15) is 13.2 Å². The maximum absolute atomic E-state index is 12.5. The molecule has 138 valence electrons. The second-order valence-electron chi connectivity index (χ2n) is 6.04. The molecule has 0 spiro atoms. The monoisotopic (exact) mass is 412 g/mol.